The summed E-state index contributed by atoms with van der Waals surface area (Å²) in [5, 5.41) is 13.4. The third-order valence-corrected chi connectivity index (χ3v) is 5.08. The molecular formula is C21H25N4O4+. The Morgan fingerprint density at radius 3 is 2.31 bits per heavy atom. The fourth-order valence-electron chi connectivity index (χ4n) is 3.41. The number of non-ortho nitro benzene ring substituents is 1. The average Bonchev–Trinajstić information content (AvgIpc) is 2.75. The van der Waals surface area contributed by atoms with Crippen molar-refractivity contribution >= 4 is 17.5 Å². The molecule has 0 radical (unpaired) electrons. The number of quaternary nitrogens is 1. The van der Waals surface area contributed by atoms with Crippen molar-refractivity contribution in [1.82, 2.24) is 10.2 Å². The molecule has 8 heteroatoms. The summed E-state index contributed by atoms with van der Waals surface area (Å²) in [6.45, 7) is 4.47. The monoisotopic (exact) mass is 397 g/mol. The number of rotatable bonds is 7. The zero-order chi connectivity index (χ0) is 20.6. The van der Waals surface area contributed by atoms with Crippen LogP contribution in [0.15, 0.2) is 54.6 Å². The van der Waals surface area contributed by atoms with Crippen LogP contribution in [0.4, 0.5) is 5.69 Å². The van der Waals surface area contributed by atoms with Crippen molar-refractivity contribution in [1.29, 1.82) is 0 Å². The van der Waals surface area contributed by atoms with Gasteiger partial charge in [-0.3, -0.25) is 19.7 Å². The van der Waals surface area contributed by atoms with E-state index in [1.165, 1.54) is 34.7 Å². The molecule has 0 unspecified atom stereocenters. The summed E-state index contributed by atoms with van der Waals surface area (Å²) in [5.41, 5.74) is 1.57. The Morgan fingerprint density at radius 1 is 1.03 bits per heavy atom. The number of amides is 2. The van der Waals surface area contributed by atoms with Crippen molar-refractivity contribution in [2.75, 3.05) is 32.7 Å². The Hall–Kier alpha value is -3.26. The van der Waals surface area contributed by atoms with Gasteiger partial charge in [0.25, 0.3) is 11.6 Å². The maximum Gasteiger partial charge on any atom is 0.269 e. The molecule has 29 heavy (non-hydrogen) atoms. The lowest BCUT2D eigenvalue weighted by Crippen LogP contribution is -3.13. The number of hydrogen-bond donors (Lipinski definition) is 2. The number of carbonyl (C=O) groups is 2. The van der Waals surface area contributed by atoms with Crippen LogP contribution in [0.5, 0.6) is 0 Å². The van der Waals surface area contributed by atoms with E-state index >= 15 is 0 Å². The zero-order valence-corrected chi connectivity index (χ0v) is 16.2. The van der Waals surface area contributed by atoms with E-state index in [0.717, 1.165) is 32.7 Å². The van der Waals surface area contributed by atoms with Gasteiger partial charge in [0.05, 0.1) is 31.1 Å². The van der Waals surface area contributed by atoms with E-state index in [9.17, 15) is 19.7 Å². The molecule has 0 aromatic heterocycles. The van der Waals surface area contributed by atoms with Crippen molar-refractivity contribution in [3.05, 3.63) is 75.8 Å². The summed E-state index contributed by atoms with van der Waals surface area (Å²) in [4.78, 5) is 37.9. The second-order valence-corrected chi connectivity index (χ2v) is 7.10. The van der Waals surface area contributed by atoms with Crippen LogP contribution in [0.2, 0.25) is 0 Å². The van der Waals surface area contributed by atoms with Crippen LogP contribution in [0.3, 0.4) is 0 Å². The van der Waals surface area contributed by atoms with Crippen molar-refractivity contribution < 1.29 is 19.4 Å². The van der Waals surface area contributed by atoms with Crippen LogP contribution < -0.4 is 10.2 Å². The second kappa shape index (κ2) is 9.79. The van der Waals surface area contributed by atoms with Gasteiger partial charge in [0, 0.05) is 36.2 Å². The Bertz CT molecular complexity index is 847. The number of carbonyl (C=O) groups excluding carboxylic acids is 2. The van der Waals surface area contributed by atoms with E-state index < -0.39 is 4.92 Å². The maximum atomic E-state index is 12.4. The molecule has 1 fully saturated rings. The van der Waals surface area contributed by atoms with E-state index in [1.54, 1.807) is 0 Å². The van der Waals surface area contributed by atoms with Crippen LogP contribution in [-0.4, -0.2) is 54.4 Å². The molecule has 1 saturated heterocycles. The molecule has 1 aliphatic heterocycles. The highest BCUT2D eigenvalue weighted by molar-refractivity contribution is 5.94. The summed E-state index contributed by atoms with van der Waals surface area (Å²) < 4.78 is 0. The van der Waals surface area contributed by atoms with E-state index in [2.05, 4.69) is 17.4 Å². The first-order valence-corrected chi connectivity index (χ1v) is 9.71. The van der Waals surface area contributed by atoms with Gasteiger partial charge in [-0.25, -0.2) is 0 Å². The van der Waals surface area contributed by atoms with Crippen molar-refractivity contribution in [3.8, 4) is 0 Å². The molecule has 0 atom stereocenters. The first-order valence-electron chi connectivity index (χ1n) is 9.71. The van der Waals surface area contributed by atoms with Crippen molar-refractivity contribution in [3.63, 3.8) is 0 Å². The normalized spacial score (nSPS) is 14.4. The van der Waals surface area contributed by atoms with Crippen LogP contribution in [-0.2, 0) is 11.3 Å². The van der Waals surface area contributed by atoms with Gasteiger partial charge in [0.1, 0.15) is 6.54 Å². The summed E-state index contributed by atoms with van der Waals surface area (Å²) in [6, 6.07) is 15.7. The smallest absolute Gasteiger partial charge is 0.269 e. The van der Waals surface area contributed by atoms with Gasteiger partial charge in [-0.15, -0.1) is 0 Å². The molecule has 2 aromatic rings. The fourth-order valence-corrected chi connectivity index (χ4v) is 3.41. The highest BCUT2D eigenvalue weighted by Crippen LogP contribution is 2.11. The minimum atomic E-state index is -0.512. The predicted octanol–water partition coefficient (Wildman–Crippen LogP) is 0.642. The third kappa shape index (κ3) is 5.86. The SMILES string of the molecule is O=C(NCCC(=O)N1CC[NH+](Cc2ccccc2)CC1)c1ccc([N+](=O)[O-])cc1. The molecule has 0 spiro atoms. The first kappa shape index (κ1) is 20.5. The van der Waals surface area contributed by atoms with Gasteiger partial charge in [-0.05, 0) is 12.1 Å². The Labute approximate surface area is 169 Å². The Morgan fingerprint density at radius 2 is 1.69 bits per heavy atom. The lowest BCUT2D eigenvalue weighted by Gasteiger charge is -2.32. The van der Waals surface area contributed by atoms with E-state index in [0.29, 0.717) is 5.56 Å². The number of piperazine rings is 1. The number of benzene rings is 2. The quantitative estimate of drug-likeness (QED) is 0.529. The zero-order valence-electron chi connectivity index (χ0n) is 16.2. The summed E-state index contributed by atoms with van der Waals surface area (Å²) in [5.74, 6) is -0.308. The number of nitro benzene ring substituents is 1. The van der Waals surface area contributed by atoms with Crippen LogP contribution >= 0.6 is 0 Å². The van der Waals surface area contributed by atoms with Gasteiger partial charge in [0.2, 0.25) is 5.91 Å². The molecule has 0 bridgehead atoms. The molecule has 8 nitrogen and oxygen atoms in total. The summed E-state index contributed by atoms with van der Waals surface area (Å²) in [6.07, 6.45) is 0.243. The fraction of sp³-hybridized carbons (Fsp3) is 0.333. The van der Waals surface area contributed by atoms with Crippen molar-refractivity contribution in [2.45, 2.75) is 13.0 Å². The van der Waals surface area contributed by atoms with Crippen LogP contribution in [0, 0.1) is 10.1 Å². The van der Waals surface area contributed by atoms with Crippen molar-refractivity contribution in [2.24, 2.45) is 0 Å². The highest BCUT2D eigenvalue weighted by Gasteiger charge is 2.23. The largest absolute Gasteiger partial charge is 0.352 e. The number of nitrogens with zero attached hydrogens (tertiary/aromatic N) is 2. The van der Waals surface area contributed by atoms with Gasteiger partial charge in [-0.1, -0.05) is 30.3 Å². The highest BCUT2D eigenvalue weighted by atomic mass is 16.6. The minimum absolute atomic E-state index is 0.0350. The number of nitrogens with one attached hydrogen (secondary N) is 2. The molecule has 152 valence electrons. The van der Waals surface area contributed by atoms with Crippen LogP contribution in [0.25, 0.3) is 0 Å². The lowest BCUT2D eigenvalue weighted by atomic mass is 10.2. The van der Waals surface area contributed by atoms with E-state index in [-0.39, 0.29) is 30.5 Å². The molecule has 1 aliphatic rings. The standard InChI is InChI=1S/C21H24N4O4/c26-20(10-11-22-21(27)18-6-8-19(9-7-18)25(28)29)24-14-12-23(13-15-24)16-17-4-2-1-3-5-17/h1-9H,10-16H2,(H,22,27)/p+1. The average molecular weight is 397 g/mol. The number of nitro groups is 1. The van der Waals surface area contributed by atoms with Gasteiger partial charge < -0.3 is 15.1 Å². The molecule has 2 N–H and O–H groups in total. The molecule has 0 saturated carbocycles. The summed E-state index contributed by atoms with van der Waals surface area (Å²) >= 11 is 0. The third-order valence-electron chi connectivity index (χ3n) is 5.08. The molecule has 3 rings (SSSR count). The van der Waals surface area contributed by atoms with Crippen LogP contribution in [0.1, 0.15) is 22.3 Å². The molecule has 0 aliphatic carbocycles. The predicted molar refractivity (Wildman–Crippen MR) is 107 cm³/mol. The molecule has 2 amide bonds. The van der Waals surface area contributed by atoms with Gasteiger partial charge in [0.15, 0.2) is 0 Å². The second-order valence-electron chi connectivity index (χ2n) is 7.10. The minimum Gasteiger partial charge on any atom is -0.352 e. The number of hydrogen-bond acceptors (Lipinski definition) is 4. The molecule has 2 aromatic carbocycles. The van der Waals surface area contributed by atoms with E-state index in [1.807, 2.05) is 23.1 Å². The summed E-state index contributed by atoms with van der Waals surface area (Å²) in [7, 11) is 0. The van der Waals surface area contributed by atoms with Gasteiger partial charge >= 0.3 is 0 Å². The lowest BCUT2D eigenvalue weighted by molar-refractivity contribution is -0.917. The topological polar surface area (TPSA) is 97.0 Å². The first-order chi connectivity index (χ1) is 14.0. The Balaban J connectivity index is 1.37. The Kier molecular flexibility index (Phi) is 6.91. The molecular weight excluding hydrogens is 372 g/mol. The van der Waals surface area contributed by atoms with Gasteiger partial charge in [-0.2, -0.15) is 0 Å². The van der Waals surface area contributed by atoms with E-state index in [4.69, 9.17) is 0 Å². The molecule has 1 heterocycles. The maximum absolute atomic E-state index is 12.4.